The molecule has 0 radical (unpaired) electrons. The minimum absolute atomic E-state index is 0.314. The van der Waals surface area contributed by atoms with Crippen molar-refractivity contribution in [1.82, 2.24) is 0 Å². The second kappa shape index (κ2) is 16.7. The van der Waals surface area contributed by atoms with Gasteiger partial charge in [0.05, 0.1) is 17.7 Å². The Bertz CT molecular complexity index is 1030. The summed E-state index contributed by atoms with van der Waals surface area (Å²) < 4.78 is 11.3. The van der Waals surface area contributed by atoms with Crippen LogP contribution in [0.3, 0.4) is 0 Å². The number of nitriles is 1. The van der Waals surface area contributed by atoms with Gasteiger partial charge in [0.25, 0.3) is 0 Å². The predicted octanol–water partition coefficient (Wildman–Crippen LogP) is 9.22. The van der Waals surface area contributed by atoms with Gasteiger partial charge in [0.2, 0.25) is 0 Å². The van der Waals surface area contributed by atoms with E-state index < -0.39 is 5.97 Å². The van der Waals surface area contributed by atoms with E-state index in [0.29, 0.717) is 23.5 Å². The Balaban J connectivity index is 1.44. The van der Waals surface area contributed by atoms with Gasteiger partial charge in [-0.3, -0.25) is 0 Å². The lowest BCUT2D eigenvalue weighted by Gasteiger charge is -2.28. The molecule has 0 bridgehead atoms. The van der Waals surface area contributed by atoms with Crippen molar-refractivity contribution in [2.24, 2.45) is 11.8 Å². The van der Waals surface area contributed by atoms with Crippen LogP contribution in [0.4, 0.5) is 0 Å². The number of esters is 1. The summed E-state index contributed by atoms with van der Waals surface area (Å²) in [6, 6.07) is 14.8. The van der Waals surface area contributed by atoms with Gasteiger partial charge in [-0.15, -0.1) is 6.58 Å². The van der Waals surface area contributed by atoms with Gasteiger partial charge in [0.15, 0.2) is 0 Å². The van der Waals surface area contributed by atoms with Crippen LogP contribution >= 0.6 is 0 Å². The standard InChI is InChI=1S/C34H45NO3/c1-3-5-7-8-10-24-37-32-21-19-30(20-22-32)34(36)38-33-23-18-29(25-31(33)26-35)17-16-28-14-12-27(13-15-28)11-9-6-4-2/h3,18-23,25,27-28H,1,4-17,24H2,2H3. The molecule has 0 amide bonds. The van der Waals surface area contributed by atoms with Crippen molar-refractivity contribution in [2.45, 2.75) is 96.8 Å². The third-order valence-corrected chi connectivity index (χ3v) is 7.80. The van der Waals surface area contributed by atoms with Crippen LogP contribution in [0.1, 0.15) is 112 Å². The Hall–Kier alpha value is -3.06. The third-order valence-electron chi connectivity index (χ3n) is 7.80. The molecule has 4 heteroatoms. The maximum absolute atomic E-state index is 12.7. The molecule has 38 heavy (non-hydrogen) atoms. The molecule has 0 saturated heterocycles. The molecule has 2 aromatic rings. The summed E-state index contributed by atoms with van der Waals surface area (Å²) in [7, 11) is 0. The lowest BCUT2D eigenvalue weighted by molar-refractivity contribution is 0.0734. The molecule has 204 valence electrons. The molecule has 1 aliphatic rings. The molecule has 1 saturated carbocycles. The Kier molecular flexibility index (Phi) is 13.0. The number of benzene rings is 2. The maximum atomic E-state index is 12.7. The second-order valence-electron chi connectivity index (χ2n) is 10.8. The molecule has 3 rings (SSSR count). The number of unbranched alkanes of at least 4 members (excludes halogenated alkanes) is 5. The van der Waals surface area contributed by atoms with Crippen molar-refractivity contribution in [3.05, 3.63) is 71.8 Å². The zero-order valence-electron chi connectivity index (χ0n) is 23.3. The van der Waals surface area contributed by atoms with E-state index in [4.69, 9.17) is 9.47 Å². The number of ether oxygens (including phenoxy) is 2. The van der Waals surface area contributed by atoms with Gasteiger partial charge in [-0.2, -0.15) is 5.26 Å². The number of hydrogen-bond donors (Lipinski definition) is 0. The first kappa shape index (κ1) is 29.5. The van der Waals surface area contributed by atoms with Crippen molar-refractivity contribution < 1.29 is 14.3 Å². The minimum Gasteiger partial charge on any atom is -0.494 e. The molecule has 1 fully saturated rings. The normalized spacial score (nSPS) is 16.9. The molecule has 0 spiro atoms. The number of hydrogen-bond acceptors (Lipinski definition) is 4. The molecule has 0 unspecified atom stereocenters. The van der Waals surface area contributed by atoms with Gasteiger partial charge in [-0.05, 0) is 92.3 Å². The first-order valence-corrected chi connectivity index (χ1v) is 14.7. The van der Waals surface area contributed by atoms with E-state index in [1.54, 1.807) is 30.3 Å². The van der Waals surface area contributed by atoms with E-state index in [9.17, 15) is 10.1 Å². The van der Waals surface area contributed by atoms with E-state index in [1.165, 1.54) is 51.4 Å². The molecule has 0 aromatic heterocycles. The molecule has 0 heterocycles. The van der Waals surface area contributed by atoms with Gasteiger partial charge in [-0.1, -0.05) is 70.4 Å². The van der Waals surface area contributed by atoms with Crippen LogP contribution in [0, 0.1) is 23.2 Å². The number of carbonyl (C=O) groups excluding carboxylic acids is 1. The van der Waals surface area contributed by atoms with Crippen molar-refractivity contribution in [3.63, 3.8) is 0 Å². The fourth-order valence-corrected chi connectivity index (χ4v) is 5.38. The first-order chi connectivity index (χ1) is 18.6. The van der Waals surface area contributed by atoms with Crippen LogP contribution in [0.25, 0.3) is 0 Å². The number of aryl methyl sites for hydroxylation is 1. The molecule has 1 aliphatic carbocycles. The summed E-state index contributed by atoms with van der Waals surface area (Å²) in [5.74, 6) is 2.29. The van der Waals surface area contributed by atoms with E-state index in [2.05, 4.69) is 19.6 Å². The second-order valence-corrected chi connectivity index (χ2v) is 10.8. The maximum Gasteiger partial charge on any atom is 0.343 e. The number of carbonyl (C=O) groups is 1. The summed E-state index contributed by atoms with van der Waals surface area (Å²) in [5.41, 5.74) is 1.98. The van der Waals surface area contributed by atoms with E-state index >= 15 is 0 Å². The molecule has 0 atom stereocenters. The van der Waals surface area contributed by atoms with Crippen LogP contribution < -0.4 is 9.47 Å². The molecule has 0 aliphatic heterocycles. The van der Waals surface area contributed by atoms with Crippen LogP contribution in [-0.2, 0) is 6.42 Å². The van der Waals surface area contributed by atoms with Gasteiger partial charge in [0.1, 0.15) is 17.6 Å². The highest BCUT2D eigenvalue weighted by molar-refractivity contribution is 5.91. The summed E-state index contributed by atoms with van der Waals surface area (Å²) in [6.45, 7) is 6.66. The van der Waals surface area contributed by atoms with Crippen LogP contribution in [-0.4, -0.2) is 12.6 Å². The largest absolute Gasteiger partial charge is 0.494 e. The summed E-state index contributed by atoms with van der Waals surface area (Å²) in [4.78, 5) is 12.7. The quantitative estimate of drug-likeness (QED) is 0.0967. The molecule has 4 nitrogen and oxygen atoms in total. The van der Waals surface area contributed by atoms with Crippen molar-refractivity contribution in [2.75, 3.05) is 6.61 Å². The Morgan fingerprint density at radius 3 is 2.39 bits per heavy atom. The van der Waals surface area contributed by atoms with Gasteiger partial charge < -0.3 is 9.47 Å². The minimum atomic E-state index is -0.471. The first-order valence-electron chi connectivity index (χ1n) is 14.7. The van der Waals surface area contributed by atoms with Gasteiger partial charge in [-0.25, -0.2) is 4.79 Å². The monoisotopic (exact) mass is 515 g/mol. The Morgan fingerprint density at radius 2 is 1.71 bits per heavy atom. The molecular weight excluding hydrogens is 470 g/mol. The number of allylic oxidation sites excluding steroid dienone is 1. The lowest BCUT2D eigenvalue weighted by Crippen LogP contribution is -2.15. The Morgan fingerprint density at radius 1 is 0.974 bits per heavy atom. The zero-order chi connectivity index (χ0) is 27.0. The average Bonchev–Trinajstić information content (AvgIpc) is 2.95. The smallest absolute Gasteiger partial charge is 0.343 e. The topological polar surface area (TPSA) is 59.3 Å². The van der Waals surface area contributed by atoms with Crippen LogP contribution in [0.5, 0.6) is 11.5 Å². The molecule has 0 N–H and O–H groups in total. The highest BCUT2D eigenvalue weighted by atomic mass is 16.5. The fourth-order valence-electron chi connectivity index (χ4n) is 5.38. The highest BCUT2D eigenvalue weighted by Crippen LogP contribution is 2.34. The van der Waals surface area contributed by atoms with Crippen molar-refractivity contribution in [1.29, 1.82) is 5.26 Å². The van der Waals surface area contributed by atoms with E-state index in [0.717, 1.165) is 61.7 Å². The van der Waals surface area contributed by atoms with E-state index in [1.807, 2.05) is 18.2 Å². The summed E-state index contributed by atoms with van der Waals surface area (Å²) >= 11 is 0. The van der Waals surface area contributed by atoms with Crippen LogP contribution in [0.15, 0.2) is 55.1 Å². The van der Waals surface area contributed by atoms with E-state index in [-0.39, 0.29) is 0 Å². The highest BCUT2D eigenvalue weighted by Gasteiger charge is 2.21. The SMILES string of the molecule is C=CCCCCCOc1ccc(C(=O)Oc2ccc(CCC3CCC(CCCCC)CC3)cc2C#N)cc1. The predicted molar refractivity (Wildman–Crippen MR) is 155 cm³/mol. The van der Waals surface area contributed by atoms with Gasteiger partial charge >= 0.3 is 5.97 Å². The molecular formula is C34H45NO3. The third kappa shape index (κ3) is 10.0. The van der Waals surface area contributed by atoms with Gasteiger partial charge in [0, 0.05) is 0 Å². The Labute approximate surface area is 230 Å². The van der Waals surface area contributed by atoms with Crippen molar-refractivity contribution in [3.8, 4) is 17.6 Å². The lowest BCUT2D eigenvalue weighted by atomic mass is 9.78. The molecule has 2 aromatic carbocycles. The zero-order valence-corrected chi connectivity index (χ0v) is 23.3. The summed E-state index contributed by atoms with van der Waals surface area (Å²) in [5, 5.41) is 9.69. The average molecular weight is 516 g/mol. The van der Waals surface area contributed by atoms with Crippen LogP contribution in [0.2, 0.25) is 0 Å². The number of rotatable bonds is 16. The van der Waals surface area contributed by atoms with Crippen molar-refractivity contribution >= 4 is 5.97 Å². The summed E-state index contributed by atoms with van der Waals surface area (Å²) in [6.07, 6.45) is 19.2. The fraction of sp³-hybridized carbons (Fsp3) is 0.529. The number of nitrogens with zero attached hydrogens (tertiary/aromatic N) is 1.